The van der Waals surface area contributed by atoms with Gasteiger partial charge < -0.3 is 14.8 Å². The fraction of sp³-hybridized carbons (Fsp3) is 0.900. The normalized spacial score (nSPS) is 25.6. The van der Waals surface area contributed by atoms with E-state index in [4.69, 9.17) is 14.7 Å². The number of nitrogens with one attached hydrogen (secondary N) is 1. The summed E-state index contributed by atoms with van der Waals surface area (Å²) in [6.07, 6.45) is 1.07. The lowest BCUT2D eigenvalue weighted by atomic mass is 10.1. The first-order valence-corrected chi connectivity index (χ1v) is 4.96. The van der Waals surface area contributed by atoms with Crippen LogP contribution in [0.5, 0.6) is 0 Å². The summed E-state index contributed by atoms with van der Waals surface area (Å²) in [5, 5.41) is 11.8. The number of nitrogens with zero attached hydrogens (tertiary/aromatic N) is 1. The average Bonchev–Trinajstić information content (AvgIpc) is 2.70. The van der Waals surface area contributed by atoms with Crippen molar-refractivity contribution in [2.45, 2.75) is 18.9 Å². The molecule has 4 nitrogen and oxygen atoms in total. The second-order valence-corrected chi connectivity index (χ2v) is 3.94. The van der Waals surface area contributed by atoms with E-state index in [0.29, 0.717) is 19.1 Å². The largest absolute Gasteiger partial charge is 0.381 e. The van der Waals surface area contributed by atoms with Crippen molar-refractivity contribution in [1.29, 1.82) is 5.26 Å². The van der Waals surface area contributed by atoms with Crippen molar-refractivity contribution < 1.29 is 9.47 Å². The van der Waals surface area contributed by atoms with Gasteiger partial charge in [0.05, 0.1) is 25.9 Å². The van der Waals surface area contributed by atoms with Crippen LogP contribution >= 0.6 is 0 Å². The van der Waals surface area contributed by atoms with Gasteiger partial charge >= 0.3 is 0 Å². The van der Waals surface area contributed by atoms with Gasteiger partial charge in [0, 0.05) is 12.5 Å². The second-order valence-electron chi connectivity index (χ2n) is 3.94. The van der Waals surface area contributed by atoms with Crippen molar-refractivity contribution in [1.82, 2.24) is 5.32 Å². The van der Waals surface area contributed by atoms with Crippen molar-refractivity contribution in [3.05, 3.63) is 0 Å². The summed E-state index contributed by atoms with van der Waals surface area (Å²) in [7, 11) is 1.77. The van der Waals surface area contributed by atoms with E-state index in [-0.39, 0.29) is 0 Å². The molecule has 1 N–H and O–H groups in total. The van der Waals surface area contributed by atoms with E-state index in [1.54, 1.807) is 7.05 Å². The van der Waals surface area contributed by atoms with Crippen molar-refractivity contribution in [3.8, 4) is 6.07 Å². The maximum absolute atomic E-state index is 8.86. The summed E-state index contributed by atoms with van der Waals surface area (Å²) >= 11 is 0. The smallest absolute Gasteiger partial charge is 0.127 e. The quantitative estimate of drug-likeness (QED) is 0.700. The summed E-state index contributed by atoms with van der Waals surface area (Å²) < 4.78 is 10.7. The Hall–Kier alpha value is -0.630. The van der Waals surface area contributed by atoms with E-state index in [1.807, 2.05) is 6.92 Å². The number of ether oxygens (including phenoxy) is 2. The molecule has 1 rings (SSSR count). The molecule has 0 aromatic rings. The zero-order valence-electron chi connectivity index (χ0n) is 8.88. The maximum atomic E-state index is 8.86. The molecule has 2 atom stereocenters. The van der Waals surface area contributed by atoms with Crippen LogP contribution in [0, 0.1) is 17.2 Å². The van der Waals surface area contributed by atoms with E-state index < -0.39 is 5.54 Å². The van der Waals surface area contributed by atoms with E-state index in [9.17, 15) is 0 Å². The first-order chi connectivity index (χ1) is 6.70. The lowest BCUT2D eigenvalue weighted by molar-refractivity contribution is 0.0649. The van der Waals surface area contributed by atoms with Crippen LogP contribution < -0.4 is 5.32 Å². The SMILES string of the molecule is CNC(C)(C#N)COCC1CCOC1. The van der Waals surface area contributed by atoms with E-state index in [2.05, 4.69) is 11.4 Å². The Bertz CT molecular complexity index is 209. The molecule has 0 aromatic carbocycles. The van der Waals surface area contributed by atoms with E-state index >= 15 is 0 Å². The molecule has 1 saturated heterocycles. The van der Waals surface area contributed by atoms with Gasteiger partial charge in [0.15, 0.2) is 0 Å². The highest BCUT2D eigenvalue weighted by atomic mass is 16.5. The average molecular weight is 198 g/mol. The van der Waals surface area contributed by atoms with Gasteiger partial charge in [-0.05, 0) is 20.4 Å². The molecular formula is C10H18N2O2. The number of nitriles is 1. The Balaban J connectivity index is 2.16. The first-order valence-electron chi connectivity index (χ1n) is 4.96. The lowest BCUT2D eigenvalue weighted by Gasteiger charge is -2.21. The fourth-order valence-corrected chi connectivity index (χ4v) is 1.30. The lowest BCUT2D eigenvalue weighted by Crippen LogP contribution is -2.43. The Morgan fingerprint density at radius 1 is 1.71 bits per heavy atom. The highest BCUT2D eigenvalue weighted by Gasteiger charge is 2.23. The molecule has 4 heteroatoms. The zero-order chi connectivity index (χ0) is 10.4. The molecule has 2 unspecified atom stereocenters. The number of likely N-dealkylation sites (N-methyl/N-ethyl adjacent to an activating group) is 1. The molecule has 0 spiro atoms. The summed E-state index contributed by atoms with van der Waals surface area (Å²) in [5.41, 5.74) is -0.570. The molecule has 0 radical (unpaired) electrons. The van der Waals surface area contributed by atoms with Crippen LogP contribution in [0.4, 0.5) is 0 Å². The second kappa shape index (κ2) is 5.30. The van der Waals surface area contributed by atoms with Crippen molar-refractivity contribution >= 4 is 0 Å². The zero-order valence-corrected chi connectivity index (χ0v) is 8.88. The van der Waals surface area contributed by atoms with Crippen molar-refractivity contribution in [2.75, 3.05) is 33.5 Å². The summed E-state index contributed by atoms with van der Waals surface area (Å²) in [4.78, 5) is 0. The molecule has 1 fully saturated rings. The van der Waals surface area contributed by atoms with Gasteiger partial charge in [-0.25, -0.2) is 0 Å². The van der Waals surface area contributed by atoms with Crippen molar-refractivity contribution in [2.24, 2.45) is 5.92 Å². The minimum Gasteiger partial charge on any atom is -0.381 e. The van der Waals surface area contributed by atoms with Gasteiger partial charge in [-0.1, -0.05) is 0 Å². The fourth-order valence-electron chi connectivity index (χ4n) is 1.30. The summed E-state index contributed by atoms with van der Waals surface area (Å²) in [5.74, 6) is 0.509. The molecule has 1 aliphatic rings. The minimum atomic E-state index is -0.570. The van der Waals surface area contributed by atoms with Crippen LogP contribution in [0.1, 0.15) is 13.3 Å². The van der Waals surface area contributed by atoms with Gasteiger partial charge in [-0.3, -0.25) is 0 Å². The molecule has 0 saturated carbocycles. The van der Waals surface area contributed by atoms with Crippen LogP contribution in [-0.2, 0) is 9.47 Å². The van der Waals surface area contributed by atoms with Gasteiger partial charge in [0.25, 0.3) is 0 Å². The number of hydrogen-bond donors (Lipinski definition) is 1. The molecule has 0 aromatic heterocycles. The molecule has 1 aliphatic heterocycles. The summed E-state index contributed by atoms with van der Waals surface area (Å²) in [6, 6.07) is 2.19. The Kier molecular flexibility index (Phi) is 4.33. The first kappa shape index (κ1) is 11.4. The third-order valence-corrected chi connectivity index (χ3v) is 2.57. The number of hydrogen-bond acceptors (Lipinski definition) is 4. The monoisotopic (exact) mass is 198 g/mol. The molecule has 80 valence electrons. The topological polar surface area (TPSA) is 54.3 Å². The molecule has 14 heavy (non-hydrogen) atoms. The van der Waals surface area contributed by atoms with Crippen molar-refractivity contribution in [3.63, 3.8) is 0 Å². The predicted octanol–water partition coefficient (Wildman–Crippen LogP) is 0.541. The Labute approximate surface area is 85.2 Å². The molecule has 0 bridgehead atoms. The molecule has 0 aliphatic carbocycles. The van der Waals surface area contributed by atoms with Crippen LogP contribution in [0.25, 0.3) is 0 Å². The summed E-state index contributed by atoms with van der Waals surface area (Å²) in [6.45, 7) is 4.59. The van der Waals surface area contributed by atoms with Gasteiger partial charge in [-0.2, -0.15) is 5.26 Å². The predicted molar refractivity (Wildman–Crippen MR) is 52.8 cm³/mol. The molecule has 0 amide bonds. The minimum absolute atomic E-state index is 0.427. The third-order valence-electron chi connectivity index (χ3n) is 2.57. The van der Waals surface area contributed by atoms with E-state index in [0.717, 1.165) is 19.6 Å². The standard InChI is InChI=1S/C10H18N2O2/c1-10(7-11,12-2)8-14-6-9-3-4-13-5-9/h9,12H,3-6,8H2,1-2H3. The molecule has 1 heterocycles. The van der Waals surface area contributed by atoms with Gasteiger partial charge in [0.1, 0.15) is 5.54 Å². The van der Waals surface area contributed by atoms with Crippen LogP contribution in [-0.4, -0.2) is 39.0 Å². The van der Waals surface area contributed by atoms with Gasteiger partial charge in [0.2, 0.25) is 0 Å². The number of rotatable bonds is 5. The Morgan fingerprint density at radius 3 is 3.00 bits per heavy atom. The third kappa shape index (κ3) is 3.26. The van der Waals surface area contributed by atoms with E-state index in [1.165, 1.54) is 0 Å². The molecular weight excluding hydrogens is 180 g/mol. The Morgan fingerprint density at radius 2 is 2.50 bits per heavy atom. The van der Waals surface area contributed by atoms with Crippen LogP contribution in [0.3, 0.4) is 0 Å². The van der Waals surface area contributed by atoms with Crippen LogP contribution in [0.2, 0.25) is 0 Å². The van der Waals surface area contributed by atoms with Crippen LogP contribution in [0.15, 0.2) is 0 Å². The highest BCUT2D eigenvalue weighted by Crippen LogP contribution is 2.13. The van der Waals surface area contributed by atoms with Gasteiger partial charge in [-0.15, -0.1) is 0 Å². The maximum Gasteiger partial charge on any atom is 0.127 e. The highest BCUT2D eigenvalue weighted by molar-refractivity contribution is 5.02.